The van der Waals surface area contributed by atoms with Crippen LogP contribution in [0.4, 0.5) is 0 Å². The molecular weight excluding hydrogens is 314 g/mol. The Hall–Kier alpha value is -1.33. The predicted molar refractivity (Wildman–Crippen MR) is 97.3 cm³/mol. The Morgan fingerprint density at radius 1 is 1.28 bits per heavy atom. The van der Waals surface area contributed by atoms with Gasteiger partial charge in [-0.3, -0.25) is 9.69 Å². The zero-order chi connectivity index (χ0) is 17.2. The van der Waals surface area contributed by atoms with Crippen LogP contribution >= 0.6 is 0 Å². The Morgan fingerprint density at radius 2 is 2.08 bits per heavy atom. The summed E-state index contributed by atoms with van der Waals surface area (Å²) < 4.78 is 5.88. The van der Waals surface area contributed by atoms with Gasteiger partial charge in [-0.05, 0) is 70.2 Å². The smallest absolute Gasteiger partial charge is 0.237 e. The maximum Gasteiger partial charge on any atom is 0.237 e. The van der Waals surface area contributed by atoms with Crippen LogP contribution in [0.1, 0.15) is 62.5 Å². The Bertz CT molecular complexity index is 580. The summed E-state index contributed by atoms with van der Waals surface area (Å²) in [5, 5.41) is 6.80. The van der Waals surface area contributed by atoms with E-state index in [9.17, 15) is 4.79 Å². The minimum atomic E-state index is -0.00864. The van der Waals surface area contributed by atoms with Gasteiger partial charge < -0.3 is 15.1 Å². The van der Waals surface area contributed by atoms with Crippen LogP contribution in [-0.2, 0) is 4.79 Å². The number of hydrogen-bond acceptors (Lipinski definition) is 4. The number of nitrogens with zero attached hydrogens (tertiary/aromatic N) is 1. The third kappa shape index (κ3) is 3.77. The lowest BCUT2D eigenvalue weighted by Crippen LogP contribution is -2.45. The van der Waals surface area contributed by atoms with Crippen LogP contribution in [0.3, 0.4) is 0 Å². The summed E-state index contributed by atoms with van der Waals surface area (Å²) in [6, 6.07) is 4.79. The number of rotatable bonds is 5. The Morgan fingerprint density at radius 3 is 2.80 bits per heavy atom. The van der Waals surface area contributed by atoms with Crippen molar-refractivity contribution in [1.29, 1.82) is 0 Å². The zero-order valence-corrected chi connectivity index (χ0v) is 15.3. The number of fused-ring (bicyclic) bond motifs is 1. The van der Waals surface area contributed by atoms with Gasteiger partial charge in [-0.25, -0.2) is 0 Å². The molecule has 1 aromatic rings. The first-order valence-electron chi connectivity index (χ1n) is 10.0. The summed E-state index contributed by atoms with van der Waals surface area (Å²) in [6.45, 7) is 4.80. The van der Waals surface area contributed by atoms with Crippen molar-refractivity contribution in [3.63, 3.8) is 0 Å². The highest BCUT2D eigenvalue weighted by atomic mass is 16.3. The van der Waals surface area contributed by atoms with Gasteiger partial charge in [0.05, 0.1) is 12.1 Å². The maximum absolute atomic E-state index is 12.7. The summed E-state index contributed by atoms with van der Waals surface area (Å²) in [6.07, 6.45) is 8.61. The molecule has 4 atom stereocenters. The molecule has 0 radical (unpaired) electrons. The van der Waals surface area contributed by atoms with Crippen molar-refractivity contribution in [3.05, 3.63) is 23.7 Å². The van der Waals surface area contributed by atoms with Crippen molar-refractivity contribution in [3.8, 4) is 0 Å². The molecule has 1 aromatic heterocycles. The first-order chi connectivity index (χ1) is 12.2. The van der Waals surface area contributed by atoms with Gasteiger partial charge >= 0.3 is 0 Å². The molecule has 2 aliphatic heterocycles. The monoisotopic (exact) mass is 345 g/mol. The van der Waals surface area contributed by atoms with Crippen LogP contribution in [0.5, 0.6) is 0 Å². The number of amides is 1. The largest absolute Gasteiger partial charge is 0.465 e. The fourth-order valence-electron chi connectivity index (χ4n) is 4.94. The number of likely N-dealkylation sites (tertiary alicyclic amines) is 1. The molecule has 5 heteroatoms. The van der Waals surface area contributed by atoms with Crippen LogP contribution in [0.15, 0.2) is 16.5 Å². The maximum atomic E-state index is 12.7. The highest BCUT2D eigenvalue weighted by molar-refractivity contribution is 5.82. The van der Waals surface area contributed by atoms with Crippen LogP contribution in [0, 0.1) is 12.8 Å². The second-order valence-electron chi connectivity index (χ2n) is 8.06. The summed E-state index contributed by atoms with van der Waals surface area (Å²) in [5.41, 5.74) is 0. The number of nitrogens with one attached hydrogen (secondary N) is 2. The molecule has 25 heavy (non-hydrogen) atoms. The number of hydrogen-bond donors (Lipinski definition) is 2. The first kappa shape index (κ1) is 17.1. The third-order valence-electron chi connectivity index (χ3n) is 6.32. The molecule has 3 fully saturated rings. The van der Waals surface area contributed by atoms with E-state index in [4.69, 9.17) is 4.42 Å². The minimum Gasteiger partial charge on any atom is -0.465 e. The molecule has 3 heterocycles. The molecule has 0 aromatic carbocycles. The number of carbonyl (C=O) groups excluding carboxylic acids is 1. The van der Waals surface area contributed by atoms with Gasteiger partial charge in [-0.15, -0.1) is 0 Å². The Kier molecular flexibility index (Phi) is 5.13. The predicted octanol–water partition coefficient (Wildman–Crippen LogP) is 2.76. The average molecular weight is 345 g/mol. The fraction of sp³-hybridized carbons (Fsp3) is 0.750. The van der Waals surface area contributed by atoms with Gasteiger partial charge in [0.1, 0.15) is 11.5 Å². The molecule has 5 nitrogen and oxygen atoms in total. The van der Waals surface area contributed by atoms with Crippen LogP contribution in [-0.4, -0.2) is 42.5 Å². The Balaban J connectivity index is 1.36. The van der Waals surface area contributed by atoms with E-state index >= 15 is 0 Å². The molecule has 3 aliphatic rings. The van der Waals surface area contributed by atoms with Gasteiger partial charge in [-0.1, -0.05) is 12.8 Å². The summed E-state index contributed by atoms with van der Waals surface area (Å²) in [7, 11) is 0. The third-order valence-corrected chi connectivity index (χ3v) is 6.32. The van der Waals surface area contributed by atoms with Crippen molar-refractivity contribution in [2.45, 2.75) is 70.0 Å². The highest BCUT2D eigenvalue weighted by Crippen LogP contribution is 2.33. The normalized spacial score (nSPS) is 31.0. The summed E-state index contributed by atoms with van der Waals surface area (Å²) in [5.74, 6) is 2.79. The van der Waals surface area contributed by atoms with E-state index in [0.717, 1.165) is 31.0 Å². The molecule has 1 amide bonds. The first-order valence-corrected chi connectivity index (χ1v) is 10.0. The van der Waals surface area contributed by atoms with E-state index < -0.39 is 0 Å². The van der Waals surface area contributed by atoms with Crippen molar-refractivity contribution >= 4 is 5.91 Å². The standard InChI is InChI=1S/C20H31N3O2/c1-14-8-9-19(25-14)18(23-10-4-5-11-23)13-21-20(24)17-12-15-6-2-3-7-16(15)22-17/h8-9,15-18,22H,2-7,10-13H2,1H3,(H,21,24). The van der Waals surface area contributed by atoms with Crippen LogP contribution in [0.2, 0.25) is 0 Å². The average Bonchev–Trinajstić information content (AvgIpc) is 3.35. The van der Waals surface area contributed by atoms with Crippen LogP contribution < -0.4 is 10.6 Å². The number of carbonyl (C=O) groups is 1. The lowest BCUT2D eigenvalue weighted by atomic mass is 9.85. The summed E-state index contributed by atoms with van der Waals surface area (Å²) in [4.78, 5) is 15.2. The second-order valence-corrected chi connectivity index (χ2v) is 8.06. The molecule has 4 rings (SSSR count). The molecular formula is C20H31N3O2. The van der Waals surface area contributed by atoms with Crippen molar-refractivity contribution in [1.82, 2.24) is 15.5 Å². The fourth-order valence-corrected chi connectivity index (χ4v) is 4.94. The molecule has 138 valence electrons. The van der Waals surface area contributed by atoms with E-state index in [2.05, 4.69) is 21.6 Å². The van der Waals surface area contributed by atoms with Crippen molar-refractivity contribution < 1.29 is 9.21 Å². The molecule has 0 spiro atoms. The zero-order valence-electron chi connectivity index (χ0n) is 15.3. The molecule has 4 unspecified atom stereocenters. The molecule has 2 N–H and O–H groups in total. The van der Waals surface area contributed by atoms with Crippen LogP contribution in [0.25, 0.3) is 0 Å². The second kappa shape index (κ2) is 7.50. The molecule has 2 saturated heterocycles. The van der Waals surface area contributed by atoms with Crippen molar-refractivity contribution in [2.75, 3.05) is 19.6 Å². The van der Waals surface area contributed by atoms with E-state index in [1.54, 1.807) is 0 Å². The van der Waals surface area contributed by atoms with Gasteiger partial charge in [0, 0.05) is 12.6 Å². The van der Waals surface area contributed by atoms with Gasteiger partial charge in [0.25, 0.3) is 0 Å². The molecule has 1 saturated carbocycles. The number of aryl methyl sites for hydroxylation is 1. The van der Waals surface area contributed by atoms with Gasteiger partial charge in [-0.2, -0.15) is 0 Å². The lowest BCUT2D eigenvalue weighted by molar-refractivity contribution is -0.123. The lowest BCUT2D eigenvalue weighted by Gasteiger charge is -2.26. The van der Waals surface area contributed by atoms with E-state index in [1.807, 2.05) is 13.0 Å². The van der Waals surface area contributed by atoms with E-state index in [0.29, 0.717) is 18.5 Å². The molecule has 1 aliphatic carbocycles. The van der Waals surface area contributed by atoms with Crippen molar-refractivity contribution in [2.24, 2.45) is 5.92 Å². The summed E-state index contributed by atoms with van der Waals surface area (Å²) >= 11 is 0. The SMILES string of the molecule is Cc1ccc(C(CNC(=O)C2CC3CCCCC3N2)N2CCCC2)o1. The topological polar surface area (TPSA) is 57.5 Å². The van der Waals surface area contributed by atoms with E-state index in [1.165, 1.54) is 38.5 Å². The van der Waals surface area contributed by atoms with E-state index in [-0.39, 0.29) is 18.0 Å². The van der Waals surface area contributed by atoms with Gasteiger partial charge in [0.15, 0.2) is 0 Å². The Labute approximate surface area is 150 Å². The quantitative estimate of drug-likeness (QED) is 0.862. The molecule has 0 bridgehead atoms. The minimum absolute atomic E-state index is 0.00864. The number of furan rings is 1. The van der Waals surface area contributed by atoms with Gasteiger partial charge in [0.2, 0.25) is 5.91 Å². The highest BCUT2D eigenvalue weighted by Gasteiger charge is 2.38.